The predicted molar refractivity (Wildman–Crippen MR) is 90.9 cm³/mol. The lowest BCUT2D eigenvalue weighted by molar-refractivity contribution is 0.685. The molecule has 0 spiro atoms. The fourth-order valence-corrected chi connectivity index (χ4v) is 3.34. The second kappa shape index (κ2) is 6.37. The van der Waals surface area contributed by atoms with Crippen LogP contribution in [0.5, 0.6) is 0 Å². The summed E-state index contributed by atoms with van der Waals surface area (Å²) in [6, 6.07) is 15.0. The highest BCUT2D eigenvalue weighted by Crippen LogP contribution is 2.21. The third-order valence-corrected chi connectivity index (χ3v) is 4.85. The van der Waals surface area contributed by atoms with Gasteiger partial charge in [-0.3, -0.25) is 0 Å². The van der Waals surface area contributed by atoms with E-state index in [2.05, 4.69) is 60.5 Å². The number of nitrogens with one attached hydrogen (secondary N) is 1. The number of benzene rings is 2. The molecule has 1 N–H and O–H groups in total. The van der Waals surface area contributed by atoms with Crippen molar-refractivity contribution < 1.29 is 0 Å². The number of nitrogens with zero attached hydrogens (tertiary/aromatic N) is 1. The maximum Gasteiger partial charge on any atom is 0.0951 e. The molecule has 0 saturated carbocycles. The van der Waals surface area contributed by atoms with Crippen LogP contribution < -0.4 is 5.32 Å². The van der Waals surface area contributed by atoms with Crippen molar-refractivity contribution in [3.8, 4) is 0 Å². The van der Waals surface area contributed by atoms with Crippen molar-refractivity contribution in [2.75, 3.05) is 6.54 Å². The van der Waals surface area contributed by atoms with Crippen molar-refractivity contribution in [2.24, 2.45) is 0 Å². The topological polar surface area (TPSA) is 24.9 Å². The predicted octanol–water partition coefficient (Wildman–Crippen LogP) is 4.25. The molecule has 3 rings (SSSR count). The summed E-state index contributed by atoms with van der Waals surface area (Å²) in [5.41, 5.74) is 5.18. The molecule has 0 bridgehead atoms. The lowest BCUT2D eigenvalue weighted by Crippen LogP contribution is -2.16. The van der Waals surface area contributed by atoms with Crippen LogP contribution in [-0.4, -0.2) is 11.5 Å². The normalized spacial score (nSPS) is 11.1. The van der Waals surface area contributed by atoms with Crippen molar-refractivity contribution in [1.82, 2.24) is 10.3 Å². The van der Waals surface area contributed by atoms with Crippen LogP contribution in [0.1, 0.15) is 21.7 Å². The fraction of sp³-hybridized carbons (Fsp3) is 0.278. The van der Waals surface area contributed by atoms with E-state index >= 15 is 0 Å². The third kappa shape index (κ3) is 3.49. The first-order valence-electron chi connectivity index (χ1n) is 7.34. The summed E-state index contributed by atoms with van der Waals surface area (Å²) in [5, 5.41) is 4.72. The van der Waals surface area contributed by atoms with Gasteiger partial charge in [-0.25, -0.2) is 4.98 Å². The first-order chi connectivity index (χ1) is 10.2. The molecule has 0 atom stereocenters. The lowest BCUT2D eigenvalue weighted by atomic mass is 10.1. The van der Waals surface area contributed by atoms with Gasteiger partial charge in [0, 0.05) is 19.5 Å². The van der Waals surface area contributed by atoms with Crippen molar-refractivity contribution in [1.29, 1.82) is 0 Å². The average Bonchev–Trinajstić information content (AvgIpc) is 2.90. The number of hydrogen-bond donors (Lipinski definition) is 1. The molecular formula is C18H20N2S. The van der Waals surface area contributed by atoms with Crippen LogP contribution in [0, 0.1) is 13.8 Å². The van der Waals surface area contributed by atoms with Gasteiger partial charge in [0.2, 0.25) is 0 Å². The molecule has 0 amide bonds. The molecule has 2 aromatic carbocycles. The second-order valence-electron chi connectivity index (χ2n) is 5.42. The van der Waals surface area contributed by atoms with Crippen LogP contribution in [0.15, 0.2) is 42.5 Å². The Kier molecular flexibility index (Phi) is 4.32. The zero-order valence-corrected chi connectivity index (χ0v) is 13.3. The Balaban J connectivity index is 1.52. The van der Waals surface area contributed by atoms with Crippen LogP contribution in [0.25, 0.3) is 10.2 Å². The number of hydrogen-bond acceptors (Lipinski definition) is 3. The summed E-state index contributed by atoms with van der Waals surface area (Å²) in [5.74, 6) is 0. The van der Waals surface area contributed by atoms with E-state index in [1.165, 1.54) is 26.4 Å². The SMILES string of the molecule is Cc1ccc(CNCCc2nc3ccccc3s2)cc1C. The van der Waals surface area contributed by atoms with Crippen LogP contribution in [0.3, 0.4) is 0 Å². The van der Waals surface area contributed by atoms with Crippen molar-refractivity contribution in [2.45, 2.75) is 26.8 Å². The van der Waals surface area contributed by atoms with Crippen molar-refractivity contribution >= 4 is 21.6 Å². The van der Waals surface area contributed by atoms with Gasteiger partial charge in [0.25, 0.3) is 0 Å². The highest BCUT2D eigenvalue weighted by Gasteiger charge is 2.02. The average molecular weight is 296 g/mol. The van der Waals surface area contributed by atoms with E-state index in [0.717, 1.165) is 25.0 Å². The number of aromatic nitrogens is 1. The molecule has 0 unspecified atom stereocenters. The Bertz CT molecular complexity index is 713. The summed E-state index contributed by atoms with van der Waals surface area (Å²) in [6.07, 6.45) is 0.990. The Labute approximate surface area is 129 Å². The molecule has 1 heterocycles. The van der Waals surface area contributed by atoms with E-state index in [0.29, 0.717) is 0 Å². The molecule has 0 fully saturated rings. The number of aryl methyl sites for hydroxylation is 2. The first kappa shape index (κ1) is 14.2. The number of para-hydroxylation sites is 1. The zero-order valence-electron chi connectivity index (χ0n) is 12.5. The van der Waals surface area contributed by atoms with Crippen molar-refractivity contribution in [3.63, 3.8) is 0 Å². The first-order valence-corrected chi connectivity index (χ1v) is 8.15. The monoisotopic (exact) mass is 296 g/mol. The van der Waals surface area contributed by atoms with Gasteiger partial charge in [0.15, 0.2) is 0 Å². The molecule has 1 aromatic heterocycles. The maximum atomic E-state index is 4.66. The number of fused-ring (bicyclic) bond motifs is 1. The van der Waals surface area contributed by atoms with Crippen LogP contribution in [0.2, 0.25) is 0 Å². The Morgan fingerprint density at radius 1 is 1.05 bits per heavy atom. The number of thiazole rings is 1. The maximum absolute atomic E-state index is 4.66. The molecule has 0 aliphatic carbocycles. The fourth-order valence-electron chi connectivity index (χ4n) is 2.37. The highest BCUT2D eigenvalue weighted by atomic mass is 32.1. The molecule has 0 aliphatic heterocycles. The third-order valence-electron chi connectivity index (χ3n) is 3.75. The van der Waals surface area contributed by atoms with Crippen molar-refractivity contribution in [3.05, 3.63) is 64.2 Å². The van der Waals surface area contributed by atoms with Gasteiger partial charge in [-0.05, 0) is 42.7 Å². The van der Waals surface area contributed by atoms with Crippen LogP contribution in [0.4, 0.5) is 0 Å². The minimum Gasteiger partial charge on any atom is -0.312 e. The molecule has 108 valence electrons. The summed E-state index contributed by atoms with van der Waals surface area (Å²) < 4.78 is 1.28. The Morgan fingerprint density at radius 3 is 2.71 bits per heavy atom. The van der Waals surface area contributed by atoms with E-state index in [9.17, 15) is 0 Å². The lowest BCUT2D eigenvalue weighted by Gasteiger charge is -2.06. The summed E-state index contributed by atoms with van der Waals surface area (Å²) in [4.78, 5) is 4.66. The van der Waals surface area contributed by atoms with Gasteiger partial charge >= 0.3 is 0 Å². The molecule has 0 radical (unpaired) electrons. The van der Waals surface area contributed by atoms with Gasteiger partial charge in [0.1, 0.15) is 0 Å². The Hall–Kier alpha value is -1.71. The molecule has 21 heavy (non-hydrogen) atoms. The molecule has 3 aromatic rings. The minimum absolute atomic E-state index is 0.923. The standard InChI is InChI=1S/C18H20N2S/c1-13-7-8-15(11-14(13)2)12-19-10-9-18-20-16-5-3-4-6-17(16)21-18/h3-8,11,19H,9-10,12H2,1-2H3. The summed E-state index contributed by atoms with van der Waals surface area (Å²) in [6.45, 7) is 6.21. The molecule has 3 heteroatoms. The van der Waals surface area contributed by atoms with Crippen LogP contribution >= 0.6 is 11.3 Å². The minimum atomic E-state index is 0.923. The highest BCUT2D eigenvalue weighted by molar-refractivity contribution is 7.18. The van der Waals surface area contributed by atoms with E-state index in [-0.39, 0.29) is 0 Å². The van der Waals surface area contributed by atoms with Crippen LogP contribution in [-0.2, 0) is 13.0 Å². The summed E-state index contributed by atoms with van der Waals surface area (Å²) >= 11 is 1.80. The second-order valence-corrected chi connectivity index (χ2v) is 6.54. The Morgan fingerprint density at radius 2 is 1.90 bits per heavy atom. The quantitative estimate of drug-likeness (QED) is 0.712. The molecule has 2 nitrogen and oxygen atoms in total. The van der Waals surface area contributed by atoms with Gasteiger partial charge in [-0.1, -0.05) is 30.3 Å². The summed E-state index contributed by atoms with van der Waals surface area (Å²) in [7, 11) is 0. The molecular weight excluding hydrogens is 276 g/mol. The van der Waals surface area contributed by atoms with E-state index in [1.54, 1.807) is 11.3 Å². The largest absolute Gasteiger partial charge is 0.312 e. The number of rotatable bonds is 5. The van der Waals surface area contributed by atoms with E-state index in [4.69, 9.17) is 0 Å². The molecule has 0 aliphatic rings. The van der Waals surface area contributed by atoms with Gasteiger partial charge < -0.3 is 5.32 Å². The zero-order chi connectivity index (χ0) is 14.7. The smallest absolute Gasteiger partial charge is 0.0951 e. The van der Waals surface area contributed by atoms with E-state index in [1.807, 2.05) is 6.07 Å². The van der Waals surface area contributed by atoms with Gasteiger partial charge in [-0.2, -0.15) is 0 Å². The molecule has 0 saturated heterocycles. The van der Waals surface area contributed by atoms with Gasteiger partial charge in [0.05, 0.1) is 15.2 Å². The van der Waals surface area contributed by atoms with E-state index < -0.39 is 0 Å². The van der Waals surface area contributed by atoms with Gasteiger partial charge in [-0.15, -0.1) is 11.3 Å².